The summed E-state index contributed by atoms with van der Waals surface area (Å²) in [6, 6.07) is 7.09. The highest BCUT2D eigenvalue weighted by Gasteiger charge is 2.14. The Kier molecular flexibility index (Phi) is 5.59. The highest BCUT2D eigenvalue weighted by Crippen LogP contribution is 2.15. The molecule has 1 aromatic carbocycles. The van der Waals surface area contributed by atoms with E-state index in [1.54, 1.807) is 43.1 Å². The van der Waals surface area contributed by atoms with Gasteiger partial charge in [-0.15, -0.1) is 11.6 Å². The van der Waals surface area contributed by atoms with E-state index in [4.69, 9.17) is 27.9 Å². The number of nitrogens with zero attached hydrogens (tertiary/aromatic N) is 1. The van der Waals surface area contributed by atoms with Gasteiger partial charge in [0.25, 0.3) is 0 Å². The number of hydrogen-bond donors (Lipinski definition) is 0. The number of alkyl halides is 1. The average Bonchev–Trinajstić information content (AvgIpc) is 2.30. The van der Waals surface area contributed by atoms with Gasteiger partial charge in [-0.2, -0.15) is 0 Å². The second kappa shape index (κ2) is 6.72. The van der Waals surface area contributed by atoms with Crippen LogP contribution in [-0.4, -0.2) is 36.4 Å². The van der Waals surface area contributed by atoms with Crippen LogP contribution in [0.25, 0.3) is 0 Å². The van der Waals surface area contributed by atoms with E-state index in [0.717, 1.165) is 5.75 Å². The third-order valence-corrected chi connectivity index (χ3v) is 2.66. The van der Waals surface area contributed by atoms with Crippen LogP contribution in [0.4, 0.5) is 0 Å². The van der Waals surface area contributed by atoms with Gasteiger partial charge >= 0.3 is 0 Å². The van der Waals surface area contributed by atoms with Crippen LogP contribution in [0.5, 0.6) is 5.75 Å². The monoisotopic (exact) mass is 275 g/mol. The third-order valence-electron chi connectivity index (χ3n) is 2.23. The van der Waals surface area contributed by atoms with Crippen LogP contribution in [0, 0.1) is 0 Å². The number of ether oxygens (including phenoxy) is 1. The van der Waals surface area contributed by atoms with Crippen molar-refractivity contribution >= 4 is 29.1 Å². The molecule has 1 atom stereocenters. The van der Waals surface area contributed by atoms with Crippen LogP contribution in [0.15, 0.2) is 24.3 Å². The van der Waals surface area contributed by atoms with Gasteiger partial charge in [0.2, 0.25) is 5.91 Å². The van der Waals surface area contributed by atoms with Crippen molar-refractivity contribution in [1.29, 1.82) is 0 Å². The molecule has 0 spiro atoms. The Balaban J connectivity index is 2.33. The highest BCUT2D eigenvalue weighted by atomic mass is 35.5. The first-order chi connectivity index (χ1) is 8.00. The molecule has 1 rings (SSSR count). The second-order valence-electron chi connectivity index (χ2n) is 3.68. The molecule has 17 heavy (non-hydrogen) atoms. The summed E-state index contributed by atoms with van der Waals surface area (Å²) in [6.45, 7) is 2.58. The van der Waals surface area contributed by atoms with Crippen molar-refractivity contribution in [2.24, 2.45) is 0 Å². The van der Waals surface area contributed by atoms with Crippen LogP contribution in [0.2, 0.25) is 5.02 Å². The maximum Gasteiger partial charge on any atom is 0.240 e. The number of likely N-dealkylation sites (N-methyl/N-ethyl adjacent to an activating group) is 1. The van der Waals surface area contributed by atoms with E-state index in [0.29, 0.717) is 18.2 Å². The van der Waals surface area contributed by atoms with Crippen molar-refractivity contribution in [2.45, 2.75) is 12.3 Å². The summed E-state index contributed by atoms with van der Waals surface area (Å²) < 4.78 is 5.47. The maximum atomic E-state index is 11.5. The molecule has 0 aliphatic rings. The number of amides is 1. The van der Waals surface area contributed by atoms with Gasteiger partial charge in [0.05, 0.1) is 6.54 Å². The molecule has 0 unspecified atom stereocenters. The fraction of sp³-hybridized carbons (Fsp3) is 0.417. The molecule has 0 bridgehead atoms. The normalized spacial score (nSPS) is 12.0. The van der Waals surface area contributed by atoms with Crippen LogP contribution < -0.4 is 4.74 Å². The highest BCUT2D eigenvalue weighted by molar-refractivity contribution is 6.30. The van der Waals surface area contributed by atoms with Gasteiger partial charge in [0, 0.05) is 12.1 Å². The molecule has 0 fully saturated rings. The first kappa shape index (κ1) is 14.1. The zero-order valence-corrected chi connectivity index (χ0v) is 11.3. The summed E-state index contributed by atoms with van der Waals surface area (Å²) in [4.78, 5) is 13.0. The Morgan fingerprint density at radius 1 is 1.41 bits per heavy atom. The Bertz CT molecular complexity index is 365. The van der Waals surface area contributed by atoms with Crippen molar-refractivity contribution < 1.29 is 9.53 Å². The molecular formula is C12H15Cl2NO2. The lowest BCUT2D eigenvalue weighted by atomic mass is 10.3. The van der Waals surface area contributed by atoms with Crippen molar-refractivity contribution in [1.82, 2.24) is 4.90 Å². The quantitative estimate of drug-likeness (QED) is 0.774. The lowest BCUT2D eigenvalue weighted by Crippen LogP contribution is -2.35. The number of halogens is 2. The largest absolute Gasteiger partial charge is 0.492 e. The first-order valence-corrected chi connectivity index (χ1v) is 6.09. The van der Waals surface area contributed by atoms with Gasteiger partial charge in [-0.3, -0.25) is 4.79 Å². The summed E-state index contributed by atoms with van der Waals surface area (Å²) in [5.41, 5.74) is 0. The lowest BCUT2D eigenvalue weighted by molar-refractivity contribution is -0.129. The van der Waals surface area contributed by atoms with Crippen LogP contribution in [-0.2, 0) is 4.79 Å². The topological polar surface area (TPSA) is 29.5 Å². The number of rotatable bonds is 5. The summed E-state index contributed by atoms with van der Waals surface area (Å²) in [5, 5.41) is 0.163. The van der Waals surface area contributed by atoms with Crippen molar-refractivity contribution in [2.75, 3.05) is 20.2 Å². The molecular weight excluding hydrogens is 261 g/mol. The Morgan fingerprint density at radius 2 is 2.00 bits per heavy atom. The molecule has 0 heterocycles. The summed E-state index contributed by atoms with van der Waals surface area (Å²) in [5.74, 6) is 0.626. The van der Waals surface area contributed by atoms with Crippen molar-refractivity contribution in [3.8, 4) is 5.75 Å². The minimum absolute atomic E-state index is 0.105. The molecule has 0 saturated carbocycles. The van der Waals surface area contributed by atoms with E-state index in [1.165, 1.54) is 0 Å². The van der Waals surface area contributed by atoms with Crippen LogP contribution >= 0.6 is 23.2 Å². The fourth-order valence-electron chi connectivity index (χ4n) is 1.25. The van der Waals surface area contributed by atoms with Crippen LogP contribution in [0.3, 0.4) is 0 Å². The molecule has 0 aliphatic heterocycles. The standard InChI is InChI=1S/C12H15Cl2NO2/c1-9(13)12(16)15(2)7-8-17-11-5-3-10(14)4-6-11/h3-6,9H,7-8H2,1-2H3/t9-/m0/s1. The second-order valence-corrected chi connectivity index (χ2v) is 4.77. The fourth-order valence-corrected chi connectivity index (χ4v) is 1.54. The molecule has 3 nitrogen and oxygen atoms in total. The smallest absolute Gasteiger partial charge is 0.240 e. The molecule has 1 amide bonds. The van der Waals surface area contributed by atoms with Gasteiger partial charge in [0.1, 0.15) is 17.7 Å². The number of hydrogen-bond acceptors (Lipinski definition) is 2. The number of carbonyl (C=O) groups is 1. The zero-order chi connectivity index (χ0) is 12.8. The molecule has 0 aliphatic carbocycles. The molecule has 0 N–H and O–H groups in total. The average molecular weight is 276 g/mol. The number of carbonyl (C=O) groups excluding carboxylic acids is 1. The minimum Gasteiger partial charge on any atom is -0.492 e. The molecule has 5 heteroatoms. The van der Waals surface area contributed by atoms with Gasteiger partial charge in [-0.25, -0.2) is 0 Å². The lowest BCUT2D eigenvalue weighted by Gasteiger charge is -2.18. The van der Waals surface area contributed by atoms with Crippen molar-refractivity contribution in [3.05, 3.63) is 29.3 Å². The van der Waals surface area contributed by atoms with Gasteiger partial charge in [-0.05, 0) is 31.2 Å². The van der Waals surface area contributed by atoms with Gasteiger partial charge in [-0.1, -0.05) is 11.6 Å². The Hall–Kier alpha value is -0.930. The predicted molar refractivity (Wildman–Crippen MR) is 69.9 cm³/mol. The van der Waals surface area contributed by atoms with Gasteiger partial charge in [0.15, 0.2) is 0 Å². The Morgan fingerprint density at radius 3 is 2.53 bits per heavy atom. The predicted octanol–water partition coefficient (Wildman–Crippen LogP) is 2.80. The summed E-state index contributed by atoms with van der Waals surface area (Å²) in [7, 11) is 1.70. The number of benzene rings is 1. The maximum absolute atomic E-state index is 11.5. The first-order valence-electron chi connectivity index (χ1n) is 5.28. The van der Waals surface area contributed by atoms with E-state index in [-0.39, 0.29) is 5.91 Å². The molecule has 0 saturated heterocycles. The van der Waals surface area contributed by atoms with E-state index in [1.807, 2.05) is 0 Å². The van der Waals surface area contributed by atoms with E-state index < -0.39 is 5.38 Å². The molecule has 0 aromatic heterocycles. The van der Waals surface area contributed by atoms with Crippen molar-refractivity contribution in [3.63, 3.8) is 0 Å². The SMILES string of the molecule is C[C@H](Cl)C(=O)N(C)CCOc1ccc(Cl)cc1. The van der Waals surface area contributed by atoms with E-state index in [9.17, 15) is 4.79 Å². The van der Waals surface area contributed by atoms with E-state index >= 15 is 0 Å². The summed E-state index contributed by atoms with van der Waals surface area (Å²) >= 11 is 11.4. The molecule has 0 radical (unpaired) electrons. The molecule has 1 aromatic rings. The molecule has 94 valence electrons. The van der Waals surface area contributed by atoms with Gasteiger partial charge < -0.3 is 9.64 Å². The van der Waals surface area contributed by atoms with E-state index in [2.05, 4.69) is 0 Å². The summed E-state index contributed by atoms with van der Waals surface area (Å²) in [6.07, 6.45) is 0. The zero-order valence-electron chi connectivity index (χ0n) is 9.82. The third kappa shape index (κ3) is 4.84. The Labute approximate surface area is 111 Å². The minimum atomic E-state index is -0.504. The van der Waals surface area contributed by atoms with Crippen LogP contribution in [0.1, 0.15) is 6.92 Å².